The van der Waals surface area contributed by atoms with Gasteiger partial charge >= 0.3 is 0 Å². The first-order chi connectivity index (χ1) is 14.7. The topological polar surface area (TPSA) is 81.1 Å². The van der Waals surface area contributed by atoms with Crippen LogP contribution in [0.2, 0.25) is 0 Å². The van der Waals surface area contributed by atoms with Crippen molar-refractivity contribution in [3.63, 3.8) is 0 Å². The van der Waals surface area contributed by atoms with Gasteiger partial charge in [0.1, 0.15) is 0 Å². The molecule has 7 heteroatoms. The van der Waals surface area contributed by atoms with Crippen molar-refractivity contribution in [1.82, 2.24) is 14.9 Å². The van der Waals surface area contributed by atoms with Crippen molar-refractivity contribution in [1.29, 1.82) is 0 Å². The van der Waals surface area contributed by atoms with Gasteiger partial charge in [0.15, 0.2) is 9.84 Å². The molecule has 0 aliphatic rings. The molecule has 158 valence electrons. The van der Waals surface area contributed by atoms with E-state index in [2.05, 4.69) is 39.1 Å². The fourth-order valence-electron chi connectivity index (χ4n) is 3.61. The molecule has 0 fully saturated rings. The molecule has 2 aromatic carbocycles. The quantitative estimate of drug-likeness (QED) is 0.518. The summed E-state index contributed by atoms with van der Waals surface area (Å²) in [5, 5.41) is 4.01. The monoisotopic (exact) mass is 433 g/mol. The van der Waals surface area contributed by atoms with E-state index in [1.54, 1.807) is 25.3 Å². The predicted octanol–water partition coefficient (Wildman–Crippen LogP) is 3.88. The summed E-state index contributed by atoms with van der Waals surface area (Å²) in [5.74, 6) is -0.345. The summed E-state index contributed by atoms with van der Waals surface area (Å²) in [7, 11) is -1.39. The fraction of sp³-hybridized carbons (Fsp3) is 0.167. The third-order valence-electron chi connectivity index (χ3n) is 5.32. The van der Waals surface area contributed by atoms with Crippen LogP contribution in [0, 0.1) is 6.92 Å². The number of nitrogens with zero attached hydrogens (tertiary/aromatic N) is 2. The summed E-state index contributed by atoms with van der Waals surface area (Å²) in [5.41, 5.74) is 4.86. The number of fused-ring (bicyclic) bond motifs is 1. The molecule has 1 amide bonds. The minimum atomic E-state index is -3.40. The predicted molar refractivity (Wildman–Crippen MR) is 122 cm³/mol. The maximum Gasteiger partial charge on any atom is 0.251 e. The van der Waals surface area contributed by atoms with E-state index in [1.807, 2.05) is 25.4 Å². The molecule has 0 radical (unpaired) electrons. The molecule has 0 saturated carbocycles. The number of hydrogen-bond acceptors (Lipinski definition) is 4. The molecule has 0 aliphatic carbocycles. The van der Waals surface area contributed by atoms with Crippen LogP contribution in [0.15, 0.2) is 71.9 Å². The highest BCUT2D eigenvalue weighted by atomic mass is 32.2. The molecular formula is C24H23N3O3S. The number of rotatable bonds is 5. The van der Waals surface area contributed by atoms with Crippen LogP contribution in [-0.2, 0) is 23.4 Å². The zero-order valence-corrected chi connectivity index (χ0v) is 18.4. The molecular weight excluding hydrogens is 410 g/mol. The number of sulfone groups is 1. The van der Waals surface area contributed by atoms with Gasteiger partial charge in [-0.1, -0.05) is 18.2 Å². The van der Waals surface area contributed by atoms with Gasteiger partial charge in [0.05, 0.1) is 17.1 Å². The van der Waals surface area contributed by atoms with Gasteiger partial charge in [-0.25, -0.2) is 8.42 Å². The second-order valence-electron chi connectivity index (χ2n) is 7.67. The largest absolute Gasteiger partial charge is 0.351 e. The molecule has 0 unspecified atom stereocenters. The average Bonchev–Trinajstić information content (AvgIpc) is 3.12. The van der Waals surface area contributed by atoms with Crippen LogP contribution < -0.4 is 5.32 Å². The second-order valence-corrected chi connectivity index (χ2v) is 9.66. The number of amides is 1. The molecule has 0 saturated heterocycles. The van der Waals surface area contributed by atoms with Crippen LogP contribution in [0.3, 0.4) is 0 Å². The number of carbonyl (C=O) groups excluding carboxylic acids is 1. The highest BCUT2D eigenvalue weighted by Gasteiger charge is 2.15. The molecule has 2 heterocycles. The van der Waals surface area contributed by atoms with E-state index in [1.165, 1.54) is 11.5 Å². The molecule has 2 aromatic heterocycles. The van der Waals surface area contributed by atoms with E-state index >= 15 is 0 Å². The van der Waals surface area contributed by atoms with E-state index in [0.29, 0.717) is 16.8 Å². The maximum atomic E-state index is 12.6. The van der Waals surface area contributed by atoms with E-state index in [4.69, 9.17) is 0 Å². The van der Waals surface area contributed by atoms with Crippen LogP contribution >= 0.6 is 0 Å². The summed E-state index contributed by atoms with van der Waals surface area (Å²) < 4.78 is 25.9. The minimum Gasteiger partial charge on any atom is -0.351 e. The van der Waals surface area contributed by atoms with Crippen molar-refractivity contribution in [3.8, 4) is 11.1 Å². The van der Waals surface area contributed by atoms with Gasteiger partial charge in [-0.2, -0.15) is 0 Å². The number of aromatic nitrogens is 2. The van der Waals surface area contributed by atoms with Gasteiger partial charge in [-0.05, 0) is 65.4 Å². The summed E-state index contributed by atoms with van der Waals surface area (Å²) >= 11 is 0. The van der Waals surface area contributed by atoms with Crippen LogP contribution in [0.5, 0.6) is 0 Å². The first-order valence-corrected chi connectivity index (χ1v) is 11.7. The molecule has 0 aliphatic heterocycles. The number of nitrogens with one attached hydrogen (secondary N) is 1. The lowest BCUT2D eigenvalue weighted by Gasteiger charge is -2.09. The summed E-state index contributed by atoms with van der Waals surface area (Å²) in [6.45, 7) is 1.95. The molecule has 6 nitrogen and oxygen atoms in total. The normalized spacial score (nSPS) is 11.6. The highest BCUT2D eigenvalue weighted by molar-refractivity contribution is 7.90. The maximum absolute atomic E-state index is 12.6. The molecule has 31 heavy (non-hydrogen) atoms. The Hall–Kier alpha value is -3.45. The Morgan fingerprint density at radius 3 is 2.58 bits per heavy atom. The van der Waals surface area contributed by atoms with Gasteiger partial charge in [0.25, 0.3) is 5.91 Å². The lowest BCUT2D eigenvalue weighted by Crippen LogP contribution is -2.23. The van der Waals surface area contributed by atoms with Crippen molar-refractivity contribution in [2.75, 3.05) is 6.26 Å². The lowest BCUT2D eigenvalue weighted by molar-refractivity contribution is 0.0950. The first kappa shape index (κ1) is 20.8. The zero-order chi connectivity index (χ0) is 22.2. The summed E-state index contributed by atoms with van der Waals surface area (Å²) in [6.07, 6.45) is 4.89. The Bertz CT molecular complexity index is 1400. The number of hydrogen-bond donors (Lipinski definition) is 1. The molecule has 4 aromatic rings. The van der Waals surface area contributed by atoms with Crippen LogP contribution in [0.1, 0.15) is 21.6 Å². The van der Waals surface area contributed by atoms with Gasteiger partial charge in [0.2, 0.25) is 0 Å². The van der Waals surface area contributed by atoms with Gasteiger partial charge < -0.3 is 9.88 Å². The minimum absolute atomic E-state index is 0.163. The van der Waals surface area contributed by atoms with Crippen molar-refractivity contribution in [3.05, 3.63) is 83.8 Å². The average molecular weight is 434 g/mol. The lowest BCUT2D eigenvalue weighted by atomic mass is 10.0. The number of pyridine rings is 1. The Labute approximate surface area is 181 Å². The SMILES string of the molecule is Cc1ccc(C(=O)NCc2cc(-c3ccc4ccn(C)c4c3)ccn2)cc1S(C)(=O)=O. The first-order valence-electron chi connectivity index (χ1n) is 9.82. The Kier molecular flexibility index (Phi) is 5.37. The van der Waals surface area contributed by atoms with Crippen molar-refractivity contribution in [2.45, 2.75) is 18.4 Å². The van der Waals surface area contributed by atoms with Crippen molar-refractivity contribution >= 4 is 26.6 Å². The van der Waals surface area contributed by atoms with Crippen LogP contribution in [-0.4, -0.2) is 30.1 Å². The molecule has 1 N–H and O–H groups in total. The van der Waals surface area contributed by atoms with Gasteiger partial charge in [0, 0.05) is 36.8 Å². The van der Waals surface area contributed by atoms with Crippen molar-refractivity contribution in [2.24, 2.45) is 7.05 Å². The third kappa shape index (κ3) is 4.36. The molecule has 0 bridgehead atoms. The number of aryl methyl sites for hydroxylation is 2. The summed E-state index contributed by atoms with van der Waals surface area (Å²) in [4.78, 5) is 17.1. The Morgan fingerprint density at radius 1 is 1.03 bits per heavy atom. The Balaban J connectivity index is 1.53. The van der Waals surface area contributed by atoms with E-state index in [0.717, 1.165) is 22.9 Å². The number of benzene rings is 2. The smallest absolute Gasteiger partial charge is 0.251 e. The molecule has 0 spiro atoms. The molecule has 4 rings (SSSR count). The van der Waals surface area contributed by atoms with Crippen molar-refractivity contribution < 1.29 is 13.2 Å². The van der Waals surface area contributed by atoms with E-state index in [-0.39, 0.29) is 17.3 Å². The number of carbonyl (C=O) groups is 1. The summed E-state index contributed by atoms with van der Waals surface area (Å²) in [6, 6.07) is 16.9. The highest BCUT2D eigenvalue weighted by Crippen LogP contribution is 2.25. The van der Waals surface area contributed by atoms with E-state index in [9.17, 15) is 13.2 Å². The van der Waals surface area contributed by atoms with Gasteiger partial charge in [-0.15, -0.1) is 0 Å². The van der Waals surface area contributed by atoms with Gasteiger partial charge in [-0.3, -0.25) is 9.78 Å². The molecule has 0 atom stereocenters. The zero-order valence-electron chi connectivity index (χ0n) is 17.6. The van der Waals surface area contributed by atoms with E-state index < -0.39 is 9.84 Å². The third-order valence-corrected chi connectivity index (χ3v) is 6.56. The standard InChI is InChI=1S/C24H23N3O3S/c1-16-4-5-20(14-23(16)31(3,29)30)24(28)26-15-21-12-19(8-10-25-21)18-7-6-17-9-11-27(2)22(17)13-18/h4-14H,15H2,1-3H3,(H,26,28). The second kappa shape index (κ2) is 8.00. The Morgan fingerprint density at radius 2 is 1.81 bits per heavy atom. The fourth-order valence-corrected chi connectivity index (χ4v) is 4.60. The van der Waals surface area contributed by atoms with Crippen LogP contribution in [0.25, 0.3) is 22.0 Å². The van der Waals surface area contributed by atoms with Crippen LogP contribution in [0.4, 0.5) is 0 Å².